The number of nitrogens with one attached hydrogen (secondary N) is 1. The summed E-state index contributed by atoms with van der Waals surface area (Å²) in [5.74, 6) is -0.161. The van der Waals surface area contributed by atoms with E-state index in [-0.39, 0.29) is 23.0 Å². The van der Waals surface area contributed by atoms with Gasteiger partial charge in [0.2, 0.25) is 0 Å². The lowest BCUT2D eigenvalue weighted by Gasteiger charge is -2.11. The topological polar surface area (TPSA) is 59.9 Å². The van der Waals surface area contributed by atoms with Crippen LogP contribution >= 0.6 is 11.8 Å². The summed E-state index contributed by atoms with van der Waals surface area (Å²) < 4.78 is 80.1. The van der Waals surface area contributed by atoms with Gasteiger partial charge in [-0.25, -0.2) is 14.5 Å². The zero-order valence-corrected chi connectivity index (χ0v) is 15.0. The van der Waals surface area contributed by atoms with Crippen molar-refractivity contribution in [3.63, 3.8) is 0 Å². The van der Waals surface area contributed by atoms with Crippen molar-refractivity contribution in [2.24, 2.45) is 0 Å². The number of thioether (sulfide) groups is 1. The molecule has 0 aliphatic heterocycles. The second-order valence-electron chi connectivity index (χ2n) is 5.64. The highest BCUT2D eigenvalue weighted by atomic mass is 32.2. The van der Waals surface area contributed by atoms with Crippen LogP contribution in [0.5, 0.6) is 5.75 Å². The van der Waals surface area contributed by atoms with E-state index in [0.29, 0.717) is 4.90 Å². The average Bonchev–Trinajstić information content (AvgIpc) is 3.00. The van der Waals surface area contributed by atoms with E-state index >= 15 is 0 Å². The molecule has 0 saturated carbocycles. The van der Waals surface area contributed by atoms with Gasteiger partial charge in [0, 0.05) is 4.90 Å². The van der Waals surface area contributed by atoms with E-state index in [0.717, 1.165) is 40.6 Å². The molecule has 29 heavy (non-hydrogen) atoms. The molecule has 0 aliphatic rings. The summed E-state index contributed by atoms with van der Waals surface area (Å²) in [5, 5.41) is 6.00. The van der Waals surface area contributed by atoms with E-state index in [2.05, 4.69) is 14.9 Å². The number of aromatic nitrogens is 3. The highest BCUT2D eigenvalue weighted by Crippen LogP contribution is 2.31. The molecule has 0 amide bonds. The van der Waals surface area contributed by atoms with Gasteiger partial charge in [0.25, 0.3) is 0 Å². The van der Waals surface area contributed by atoms with Crippen LogP contribution in [-0.2, 0) is 11.9 Å². The van der Waals surface area contributed by atoms with Gasteiger partial charge in [-0.05, 0) is 42.5 Å². The van der Waals surface area contributed by atoms with Crippen LogP contribution in [0.3, 0.4) is 0 Å². The van der Waals surface area contributed by atoms with Gasteiger partial charge in [-0.1, -0.05) is 6.07 Å². The van der Waals surface area contributed by atoms with Gasteiger partial charge in [0.15, 0.2) is 0 Å². The van der Waals surface area contributed by atoms with Crippen LogP contribution in [0.1, 0.15) is 11.4 Å². The molecular formula is C17H11F6N3O2S. The molecule has 0 spiro atoms. The molecule has 0 aliphatic carbocycles. The third kappa shape index (κ3) is 5.34. The Morgan fingerprint density at radius 3 is 2.34 bits per heavy atom. The van der Waals surface area contributed by atoms with Gasteiger partial charge in [0.05, 0.1) is 17.0 Å². The maximum atomic E-state index is 12.9. The Morgan fingerprint density at radius 2 is 1.72 bits per heavy atom. The number of benzene rings is 2. The molecule has 1 aromatic heterocycles. The van der Waals surface area contributed by atoms with Crippen molar-refractivity contribution >= 4 is 11.8 Å². The first-order valence-electron chi connectivity index (χ1n) is 7.85. The molecule has 3 rings (SSSR count). The van der Waals surface area contributed by atoms with Gasteiger partial charge in [-0.3, -0.25) is 0 Å². The molecule has 154 valence electrons. The first-order chi connectivity index (χ1) is 13.5. The van der Waals surface area contributed by atoms with E-state index in [4.69, 9.17) is 0 Å². The van der Waals surface area contributed by atoms with Crippen molar-refractivity contribution in [2.45, 2.75) is 23.2 Å². The third-order valence-corrected chi connectivity index (χ3v) is 4.61. The summed E-state index contributed by atoms with van der Waals surface area (Å²) in [6.45, 7) is 0. The van der Waals surface area contributed by atoms with E-state index < -0.39 is 23.8 Å². The molecule has 12 heteroatoms. The zero-order valence-electron chi connectivity index (χ0n) is 14.2. The Bertz CT molecular complexity index is 1040. The summed E-state index contributed by atoms with van der Waals surface area (Å²) in [7, 11) is 0. The molecule has 0 radical (unpaired) electrons. The maximum Gasteiger partial charge on any atom is 0.573 e. The summed E-state index contributed by atoms with van der Waals surface area (Å²) in [5.41, 5.74) is -1.64. The van der Waals surface area contributed by atoms with Crippen LogP contribution in [0.2, 0.25) is 0 Å². The van der Waals surface area contributed by atoms with Crippen molar-refractivity contribution in [1.29, 1.82) is 0 Å². The second-order valence-corrected chi connectivity index (χ2v) is 6.69. The quantitative estimate of drug-likeness (QED) is 0.463. The van der Waals surface area contributed by atoms with Crippen LogP contribution < -0.4 is 10.4 Å². The van der Waals surface area contributed by atoms with E-state index in [9.17, 15) is 31.1 Å². The van der Waals surface area contributed by atoms with E-state index in [1.807, 2.05) is 0 Å². The van der Waals surface area contributed by atoms with Crippen LogP contribution in [0, 0.1) is 0 Å². The monoisotopic (exact) mass is 435 g/mol. The van der Waals surface area contributed by atoms with Crippen LogP contribution in [0.15, 0.2) is 58.2 Å². The Kier molecular flexibility index (Phi) is 5.64. The first kappa shape index (κ1) is 20.8. The number of H-pyrrole nitrogens is 1. The van der Waals surface area contributed by atoms with Gasteiger partial charge in [-0.15, -0.1) is 24.9 Å². The molecule has 3 aromatic rings. The second kappa shape index (κ2) is 7.85. The number of aromatic amines is 1. The number of rotatable bonds is 5. The Hall–Kier alpha value is -2.89. The summed E-state index contributed by atoms with van der Waals surface area (Å²) >= 11 is 1.13. The van der Waals surface area contributed by atoms with Gasteiger partial charge in [0.1, 0.15) is 11.6 Å². The molecule has 2 aromatic carbocycles. The van der Waals surface area contributed by atoms with Crippen LogP contribution in [0.25, 0.3) is 5.69 Å². The highest BCUT2D eigenvalue weighted by molar-refractivity contribution is 7.98. The fourth-order valence-electron chi connectivity index (χ4n) is 2.40. The van der Waals surface area contributed by atoms with Crippen molar-refractivity contribution < 1.29 is 31.1 Å². The van der Waals surface area contributed by atoms with Crippen LogP contribution in [-0.4, -0.2) is 21.1 Å². The third-order valence-electron chi connectivity index (χ3n) is 3.60. The number of ether oxygens (including phenoxy) is 1. The van der Waals surface area contributed by atoms with Crippen molar-refractivity contribution in [3.05, 3.63) is 70.4 Å². The SMILES string of the molecule is O=c1[nH]nc(CSc2ccc(OC(F)(F)F)cc2)n1-c1cccc(C(F)(F)F)c1. The van der Waals surface area contributed by atoms with Crippen molar-refractivity contribution in [1.82, 2.24) is 14.8 Å². The molecule has 5 nitrogen and oxygen atoms in total. The number of halogens is 6. The Balaban J connectivity index is 1.78. The normalized spacial score (nSPS) is 12.2. The molecule has 1 heterocycles. The van der Waals surface area contributed by atoms with Crippen molar-refractivity contribution in [2.75, 3.05) is 0 Å². The largest absolute Gasteiger partial charge is 0.573 e. The molecular weight excluding hydrogens is 424 g/mol. The number of hydrogen-bond donors (Lipinski definition) is 1. The fraction of sp³-hybridized carbons (Fsp3) is 0.176. The lowest BCUT2D eigenvalue weighted by atomic mass is 10.2. The van der Waals surface area contributed by atoms with Gasteiger partial charge in [-0.2, -0.15) is 18.3 Å². The molecule has 0 unspecified atom stereocenters. The number of hydrogen-bond acceptors (Lipinski definition) is 4. The lowest BCUT2D eigenvalue weighted by Crippen LogP contribution is -2.17. The maximum absolute atomic E-state index is 12.9. The number of nitrogens with zero attached hydrogens (tertiary/aromatic N) is 2. The molecule has 0 atom stereocenters. The predicted octanol–water partition coefficient (Wildman–Crippen LogP) is 4.77. The summed E-state index contributed by atoms with van der Waals surface area (Å²) in [6, 6.07) is 9.23. The molecule has 1 N–H and O–H groups in total. The minimum absolute atomic E-state index is 0.0110. The zero-order chi connectivity index (χ0) is 21.2. The molecule has 0 bridgehead atoms. The molecule has 0 fully saturated rings. The Labute approximate surface area is 163 Å². The van der Waals surface area contributed by atoms with Crippen LogP contribution in [0.4, 0.5) is 26.3 Å². The van der Waals surface area contributed by atoms with Gasteiger partial charge < -0.3 is 4.74 Å². The van der Waals surface area contributed by atoms with Gasteiger partial charge >= 0.3 is 18.2 Å². The lowest BCUT2D eigenvalue weighted by molar-refractivity contribution is -0.274. The highest BCUT2D eigenvalue weighted by Gasteiger charge is 2.31. The standard InChI is InChI=1S/C17H11F6N3O2S/c18-16(19,20)10-2-1-3-11(8-10)26-14(24-25-15(26)27)9-29-13-6-4-12(5-7-13)28-17(21,22)23/h1-8H,9H2,(H,25,27). The first-order valence-corrected chi connectivity index (χ1v) is 8.84. The summed E-state index contributed by atoms with van der Waals surface area (Å²) in [4.78, 5) is 12.6. The Morgan fingerprint density at radius 1 is 1.03 bits per heavy atom. The van der Waals surface area contributed by atoms with Crippen molar-refractivity contribution in [3.8, 4) is 11.4 Å². The summed E-state index contributed by atoms with van der Waals surface area (Å²) in [6.07, 6.45) is -9.37. The molecule has 0 saturated heterocycles. The minimum atomic E-state index is -4.80. The number of alkyl halides is 6. The fourth-order valence-corrected chi connectivity index (χ4v) is 3.22. The van der Waals surface area contributed by atoms with E-state index in [1.165, 1.54) is 24.3 Å². The smallest absolute Gasteiger partial charge is 0.406 e. The minimum Gasteiger partial charge on any atom is -0.406 e. The average molecular weight is 435 g/mol. The van der Waals surface area contributed by atoms with E-state index in [1.54, 1.807) is 0 Å². The predicted molar refractivity (Wildman–Crippen MR) is 91.9 cm³/mol.